The SMILES string of the molecule is c1ccc(C2(c3ccccc3)c3ccccc3-c3c(N(c4cccc(-c5ccc(-c6cccc7ccccc67)cc5)c4)c4ccccc4-c4ccc5sc6ccccc6c5c4)cccc32)cc1. The Morgan fingerprint density at radius 3 is 1.70 bits per heavy atom. The smallest absolute Gasteiger partial charge is 0.0714 e. The maximum atomic E-state index is 2.53. The highest BCUT2D eigenvalue weighted by Gasteiger charge is 2.47. The van der Waals surface area contributed by atoms with Crippen molar-refractivity contribution in [2.45, 2.75) is 5.41 Å². The predicted molar refractivity (Wildman–Crippen MR) is 285 cm³/mol. The van der Waals surface area contributed by atoms with E-state index in [0.29, 0.717) is 0 Å². The zero-order valence-electron chi connectivity index (χ0n) is 36.7. The monoisotopic (exact) mass is 869 g/mol. The summed E-state index contributed by atoms with van der Waals surface area (Å²) in [5.41, 5.74) is 17.5. The first kappa shape index (κ1) is 39.1. The quantitative estimate of drug-likeness (QED) is 0.147. The molecule has 1 heterocycles. The molecule has 11 aromatic carbocycles. The number of para-hydroxylation sites is 1. The minimum Gasteiger partial charge on any atom is -0.309 e. The summed E-state index contributed by atoms with van der Waals surface area (Å²) < 4.78 is 2.61. The summed E-state index contributed by atoms with van der Waals surface area (Å²) in [5.74, 6) is 0. The lowest BCUT2D eigenvalue weighted by Gasteiger charge is -2.34. The zero-order chi connectivity index (χ0) is 44.3. The highest BCUT2D eigenvalue weighted by atomic mass is 32.1. The number of hydrogen-bond acceptors (Lipinski definition) is 2. The van der Waals surface area contributed by atoms with Crippen LogP contribution < -0.4 is 4.90 Å². The van der Waals surface area contributed by atoms with Crippen molar-refractivity contribution in [1.82, 2.24) is 0 Å². The van der Waals surface area contributed by atoms with Crippen LogP contribution in [0.25, 0.3) is 75.5 Å². The van der Waals surface area contributed by atoms with Gasteiger partial charge in [0.05, 0.1) is 16.8 Å². The summed E-state index contributed by atoms with van der Waals surface area (Å²) in [4.78, 5) is 2.53. The van der Waals surface area contributed by atoms with Gasteiger partial charge in [0.15, 0.2) is 0 Å². The first-order chi connectivity index (χ1) is 33.2. The molecule has 0 amide bonds. The summed E-state index contributed by atoms with van der Waals surface area (Å²) in [6, 6.07) is 96.5. The van der Waals surface area contributed by atoms with Gasteiger partial charge in [-0.1, -0.05) is 218 Å². The zero-order valence-corrected chi connectivity index (χ0v) is 37.5. The molecule has 0 saturated carbocycles. The van der Waals surface area contributed by atoms with Crippen molar-refractivity contribution in [3.63, 3.8) is 0 Å². The molecule has 0 spiro atoms. The van der Waals surface area contributed by atoms with E-state index in [-0.39, 0.29) is 0 Å². The van der Waals surface area contributed by atoms with Gasteiger partial charge in [-0.2, -0.15) is 0 Å². The van der Waals surface area contributed by atoms with Gasteiger partial charge in [-0.3, -0.25) is 0 Å². The molecule has 67 heavy (non-hydrogen) atoms. The standard InChI is InChI=1S/C65H43NS/c1-3-21-49(22-4-1)65(50-23-5-2-6-24-50)58-31-12-9-29-56(58)64-59(65)32-17-34-61(64)66(60-33-13-10-27-54(60)48-40-41-63-57(43-48)55-28-11-14-35-62(55)67-63)51-25-15-20-47(42-51)44-36-38-46(39-37-44)53-30-16-19-45-18-7-8-26-52(45)53/h1-43H. The Kier molecular flexibility index (Phi) is 9.33. The first-order valence-electron chi connectivity index (χ1n) is 23.1. The topological polar surface area (TPSA) is 3.24 Å². The average Bonchev–Trinajstić information content (AvgIpc) is 3.93. The van der Waals surface area contributed by atoms with Gasteiger partial charge >= 0.3 is 0 Å². The molecule has 12 aromatic rings. The fourth-order valence-electron chi connectivity index (χ4n) is 11.0. The Labute approximate surface area is 395 Å². The van der Waals surface area contributed by atoms with Crippen molar-refractivity contribution in [1.29, 1.82) is 0 Å². The van der Waals surface area contributed by atoms with E-state index in [1.54, 1.807) is 0 Å². The summed E-state index contributed by atoms with van der Waals surface area (Å²) in [6.07, 6.45) is 0. The van der Waals surface area contributed by atoms with Crippen LogP contribution >= 0.6 is 11.3 Å². The minimum atomic E-state index is -0.533. The molecule has 0 fully saturated rings. The van der Waals surface area contributed by atoms with Gasteiger partial charge in [-0.25, -0.2) is 0 Å². The third kappa shape index (κ3) is 6.29. The van der Waals surface area contributed by atoms with Gasteiger partial charge < -0.3 is 4.90 Å². The van der Waals surface area contributed by atoms with E-state index in [2.05, 4.69) is 266 Å². The van der Waals surface area contributed by atoms with Crippen LogP contribution in [0.5, 0.6) is 0 Å². The highest BCUT2D eigenvalue weighted by molar-refractivity contribution is 7.25. The Bertz CT molecular complexity index is 3760. The summed E-state index contributed by atoms with van der Waals surface area (Å²) in [7, 11) is 0. The molecule has 0 unspecified atom stereocenters. The second-order valence-corrected chi connectivity index (χ2v) is 18.6. The minimum absolute atomic E-state index is 0.533. The van der Waals surface area contributed by atoms with Crippen molar-refractivity contribution in [2.24, 2.45) is 0 Å². The van der Waals surface area contributed by atoms with E-state index >= 15 is 0 Å². The van der Waals surface area contributed by atoms with Crippen LogP contribution in [0.4, 0.5) is 17.1 Å². The molecule has 0 bridgehead atoms. The first-order valence-corrected chi connectivity index (χ1v) is 23.9. The van der Waals surface area contributed by atoms with Gasteiger partial charge in [-0.15, -0.1) is 11.3 Å². The summed E-state index contributed by atoms with van der Waals surface area (Å²) in [5, 5.41) is 5.10. The number of fused-ring (bicyclic) bond motifs is 7. The van der Waals surface area contributed by atoms with Gasteiger partial charge in [0.2, 0.25) is 0 Å². The lowest BCUT2D eigenvalue weighted by molar-refractivity contribution is 0.768. The van der Waals surface area contributed by atoms with Crippen LogP contribution in [-0.4, -0.2) is 0 Å². The van der Waals surface area contributed by atoms with Crippen molar-refractivity contribution < 1.29 is 0 Å². The fraction of sp³-hybridized carbons (Fsp3) is 0.0154. The van der Waals surface area contributed by atoms with Crippen molar-refractivity contribution in [2.75, 3.05) is 4.90 Å². The number of benzene rings is 11. The molecule has 0 saturated heterocycles. The van der Waals surface area contributed by atoms with Crippen LogP contribution in [0.15, 0.2) is 261 Å². The Morgan fingerprint density at radius 1 is 0.313 bits per heavy atom. The lowest BCUT2D eigenvalue weighted by atomic mass is 9.68. The summed E-state index contributed by atoms with van der Waals surface area (Å²) in [6.45, 7) is 0. The molecule has 0 N–H and O–H groups in total. The van der Waals surface area contributed by atoms with Gasteiger partial charge in [0, 0.05) is 37.0 Å². The number of nitrogens with zero attached hydrogens (tertiary/aromatic N) is 1. The maximum absolute atomic E-state index is 2.53. The summed E-state index contributed by atoms with van der Waals surface area (Å²) >= 11 is 1.86. The van der Waals surface area contributed by atoms with E-state index in [0.717, 1.165) is 22.6 Å². The second kappa shape index (κ2) is 16.0. The molecule has 2 heteroatoms. The Balaban J connectivity index is 1.04. The molecule has 1 aliphatic carbocycles. The van der Waals surface area contributed by atoms with E-state index in [1.807, 2.05) is 11.3 Å². The number of thiophene rings is 1. The molecule has 1 nitrogen and oxygen atoms in total. The fourth-order valence-corrected chi connectivity index (χ4v) is 12.1. The lowest BCUT2D eigenvalue weighted by Crippen LogP contribution is -2.28. The van der Waals surface area contributed by atoms with E-state index in [1.165, 1.54) is 92.1 Å². The van der Waals surface area contributed by atoms with Crippen LogP contribution in [-0.2, 0) is 5.41 Å². The molecule has 314 valence electrons. The average molecular weight is 870 g/mol. The number of rotatable bonds is 8. The third-order valence-electron chi connectivity index (χ3n) is 14.0. The van der Waals surface area contributed by atoms with Gasteiger partial charge in [-0.05, 0) is 109 Å². The van der Waals surface area contributed by atoms with Crippen molar-refractivity contribution in [3.05, 3.63) is 283 Å². The molecule has 1 aliphatic rings. The van der Waals surface area contributed by atoms with Gasteiger partial charge in [0.25, 0.3) is 0 Å². The molecular weight excluding hydrogens is 827 g/mol. The molecule has 1 aromatic heterocycles. The van der Waals surface area contributed by atoms with Crippen LogP contribution in [0.1, 0.15) is 22.3 Å². The second-order valence-electron chi connectivity index (χ2n) is 17.5. The molecule has 13 rings (SSSR count). The molecule has 0 atom stereocenters. The van der Waals surface area contributed by atoms with E-state index < -0.39 is 5.41 Å². The maximum Gasteiger partial charge on any atom is 0.0714 e. The van der Waals surface area contributed by atoms with Crippen LogP contribution in [0.2, 0.25) is 0 Å². The van der Waals surface area contributed by atoms with Crippen LogP contribution in [0.3, 0.4) is 0 Å². The van der Waals surface area contributed by atoms with Crippen molar-refractivity contribution in [3.8, 4) is 44.5 Å². The number of anilines is 3. The third-order valence-corrected chi connectivity index (χ3v) is 15.1. The predicted octanol–water partition coefficient (Wildman–Crippen LogP) is 18.0. The largest absolute Gasteiger partial charge is 0.309 e. The van der Waals surface area contributed by atoms with Crippen molar-refractivity contribution >= 4 is 59.3 Å². The molecule has 0 aliphatic heterocycles. The van der Waals surface area contributed by atoms with Crippen LogP contribution in [0, 0.1) is 0 Å². The van der Waals surface area contributed by atoms with E-state index in [9.17, 15) is 0 Å². The normalized spacial score (nSPS) is 12.6. The molecular formula is C65H43NS. The number of hydrogen-bond donors (Lipinski definition) is 0. The Morgan fingerprint density at radius 2 is 0.881 bits per heavy atom. The molecule has 0 radical (unpaired) electrons. The highest BCUT2D eigenvalue weighted by Crippen LogP contribution is 2.60. The van der Waals surface area contributed by atoms with Gasteiger partial charge in [0.1, 0.15) is 0 Å². The Hall–Kier alpha value is -8.30. The van der Waals surface area contributed by atoms with E-state index in [4.69, 9.17) is 0 Å².